The van der Waals surface area contributed by atoms with Gasteiger partial charge in [-0.05, 0) is 39.5 Å². The number of hydrogen-bond donors (Lipinski definition) is 2. The molecule has 2 N–H and O–H groups in total. The van der Waals surface area contributed by atoms with Gasteiger partial charge in [0.15, 0.2) is 0 Å². The normalized spacial score (nSPS) is 28.1. The molecule has 0 saturated carbocycles. The Balaban J connectivity index is 0.00000132. The number of carbonyl (C=O) groups excluding carboxylic acids is 1. The molecule has 3 atom stereocenters. The number of nitrogens with zero attached hydrogens (tertiary/aromatic N) is 2. The minimum atomic E-state index is -0.178. The zero-order valence-electron chi connectivity index (χ0n) is 14.1. The van der Waals surface area contributed by atoms with Crippen LogP contribution in [0.3, 0.4) is 0 Å². The van der Waals surface area contributed by atoms with Crippen LogP contribution in [0.4, 0.5) is 0 Å². The first-order chi connectivity index (χ1) is 10.1. The molecule has 3 rings (SSSR count). The maximum atomic E-state index is 12.7. The summed E-state index contributed by atoms with van der Waals surface area (Å²) in [5, 5.41) is 6.75. The fraction of sp³-hybridized carbons (Fsp3) is 0.750. The lowest BCUT2D eigenvalue weighted by molar-refractivity contribution is -0.132. The molecule has 2 aliphatic rings. The van der Waals surface area contributed by atoms with Crippen LogP contribution in [0, 0.1) is 19.3 Å². The summed E-state index contributed by atoms with van der Waals surface area (Å²) in [4.78, 5) is 17.0. The van der Waals surface area contributed by atoms with Crippen LogP contribution < -0.4 is 10.6 Å². The Morgan fingerprint density at radius 2 is 2.17 bits per heavy atom. The molecule has 1 aromatic heterocycles. The molecule has 0 aromatic carbocycles. The van der Waals surface area contributed by atoms with Crippen LogP contribution in [0.25, 0.3) is 0 Å². The minimum absolute atomic E-state index is 0. The van der Waals surface area contributed by atoms with Crippen molar-refractivity contribution >= 4 is 30.7 Å². The molecule has 3 heterocycles. The van der Waals surface area contributed by atoms with Crippen molar-refractivity contribution in [2.75, 3.05) is 6.54 Å². The summed E-state index contributed by atoms with van der Waals surface area (Å²) in [6.45, 7) is 7.69. The largest absolute Gasteiger partial charge is 0.354 e. The number of rotatable bonds is 5. The van der Waals surface area contributed by atoms with Crippen molar-refractivity contribution < 1.29 is 4.79 Å². The first kappa shape index (κ1) is 20.3. The summed E-state index contributed by atoms with van der Waals surface area (Å²) in [7, 11) is 0. The highest BCUT2D eigenvalue weighted by molar-refractivity contribution is 5.85. The SMILES string of the molecule is CC[C@@]1(C(=O)NCCn2cnc(C)c2C)C[C@@H]2CC[C@H]1N2.Cl.Cl. The van der Waals surface area contributed by atoms with Gasteiger partial charge < -0.3 is 15.2 Å². The van der Waals surface area contributed by atoms with E-state index >= 15 is 0 Å². The molecule has 23 heavy (non-hydrogen) atoms. The van der Waals surface area contributed by atoms with E-state index in [0.717, 1.165) is 31.5 Å². The second-order valence-electron chi connectivity index (χ2n) is 6.57. The molecule has 2 aliphatic heterocycles. The smallest absolute Gasteiger partial charge is 0.227 e. The van der Waals surface area contributed by atoms with Gasteiger partial charge in [-0.3, -0.25) is 4.79 Å². The van der Waals surface area contributed by atoms with Crippen LogP contribution in [0.2, 0.25) is 0 Å². The van der Waals surface area contributed by atoms with E-state index in [0.29, 0.717) is 18.6 Å². The molecule has 0 unspecified atom stereocenters. The molecule has 132 valence electrons. The van der Waals surface area contributed by atoms with Gasteiger partial charge in [0.05, 0.1) is 17.4 Å². The van der Waals surface area contributed by atoms with Gasteiger partial charge in [-0.1, -0.05) is 6.92 Å². The second kappa shape index (κ2) is 7.86. The molecule has 5 nitrogen and oxygen atoms in total. The van der Waals surface area contributed by atoms with Crippen LogP contribution >= 0.6 is 24.8 Å². The lowest BCUT2D eigenvalue weighted by atomic mass is 9.71. The molecular formula is C16H28Cl2N4O. The highest BCUT2D eigenvalue weighted by Crippen LogP contribution is 2.45. The maximum absolute atomic E-state index is 12.7. The summed E-state index contributed by atoms with van der Waals surface area (Å²) in [6, 6.07) is 0.934. The number of halogens is 2. The van der Waals surface area contributed by atoms with Gasteiger partial charge in [-0.2, -0.15) is 0 Å². The van der Waals surface area contributed by atoms with E-state index in [1.807, 2.05) is 13.3 Å². The number of aryl methyl sites for hydroxylation is 1. The van der Waals surface area contributed by atoms with Crippen molar-refractivity contribution in [1.29, 1.82) is 0 Å². The van der Waals surface area contributed by atoms with Gasteiger partial charge in [-0.15, -0.1) is 24.8 Å². The predicted octanol–water partition coefficient (Wildman–Crippen LogP) is 2.38. The van der Waals surface area contributed by atoms with Crippen LogP contribution in [0.15, 0.2) is 6.33 Å². The quantitative estimate of drug-likeness (QED) is 0.845. The summed E-state index contributed by atoms with van der Waals surface area (Å²) in [5.41, 5.74) is 2.06. The monoisotopic (exact) mass is 362 g/mol. The van der Waals surface area contributed by atoms with Gasteiger partial charge >= 0.3 is 0 Å². The van der Waals surface area contributed by atoms with E-state index < -0.39 is 0 Å². The highest BCUT2D eigenvalue weighted by Gasteiger charge is 2.54. The third kappa shape index (κ3) is 3.52. The predicted molar refractivity (Wildman–Crippen MR) is 96.5 cm³/mol. The van der Waals surface area contributed by atoms with Crippen molar-refractivity contribution in [2.24, 2.45) is 5.41 Å². The van der Waals surface area contributed by atoms with Crippen molar-refractivity contribution in [3.05, 3.63) is 17.7 Å². The first-order valence-corrected chi connectivity index (χ1v) is 8.09. The van der Waals surface area contributed by atoms with Crippen LogP contribution in [-0.4, -0.2) is 34.1 Å². The average Bonchev–Trinajstić information content (AvgIpc) is 3.17. The molecule has 0 radical (unpaired) electrons. The summed E-state index contributed by atoms with van der Waals surface area (Å²) >= 11 is 0. The zero-order valence-corrected chi connectivity index (χ0v) is 15.7. The van der Waals surface area contributed by atoms with Crippen LogP contribution in [0.1, 0.15) is 44.0 Å². The van der Waals surface area contributed by atoms with Crippen LogP contribution in [-0.2, 0) is 11.3 Å². The maximum Gasteiger partial charge on any atom is 0.227 e. The van der Waals surface area contributed by atoms with E-state index in [4.69, 9.17) is 0 Å². The van der Waals surface area contributed by atoms with Gasteiger partial charge in [0.2, 0.25) is 5.91 Å². The first-order valence-electron chi connectivity index (χ1n) is 8.09. The molecule has 2 fully saturated rings. The number of aromatic nitrogens is 2. The third-order valence-electron chi connectivity index (χ3n) is 5.58. The van der Waals surface area contributed by atoms with Crippen molar-refractivity contribution in [2.45, 2.75) is 65.1 Å². The summed E-state index contributed by atoms with van der Waals surface area (Å²) in [6.07, 6.45) is 6.16. The lowest BCUT2D eigenvalue weighted by Crippen LogP contribution is -2.48. The molecule has 1 amide bonds. The van der Waals surface area contributed by atoms with Crippen molar-refractivity contribution in [3.63, 3.8) is 0 Å². The molecule has 1 aromatic rings. The fourth-order valence-electron chi connectivity index (χ4n) is 4.04. The van der Waals surface area contributed by atoms with E-state index in [9.17, 15) is 4.79 Å². The Bertz CT molecular complexity index is 548. The molecule has 0 spiro atoms. The summed E-state index contributed by atoms with van der Waals surface area (Å²) < 4.78 is 2.10. The average molecular weight is 363 g/mol. The van der Waals surface area contributed by atoms with Gasteiger partial charge in [0.1, 0.15) is 0 Å². The molecule has 7 heteroatoms. The Morgan fingerprint density at radius 1 is 1.43 bits per heavy atom. The number of carbonyl (C=O) groups is 1. The van der Waals surface area contributed by atoms with Gasteiger partial charge in [-0.25, -0.2) is 4.98 Å². The van der Waals surface area contributed by atoms with E-state index in [2.05, 4.69) is 34.0 Å². The number of imidazole rings is 1. The van der Waals surface area contributed by atoms with Crippen molar-refractivity contribution in [3.8, 4) is 0 Å². The van der Waals surface area contributed by atoms with Gasteiger partial charge in [0, 0.05) is 30.9 Å². The lowest BCUT2D eigenvalue weighted by Gasteiger charge is -2.34. The molecule has 0 aliphatic carbocycles. The molecule has 2 bridgehead atoms. The van der Waals surface area contributed by atoms with Crippen molar-refractivity contribution in [1.82, 2.24) is 20.2 Å². The Kier molecular flexibility index (Phi) is 6.93. The Labute approximate surface area is 150 Å². The number of nitrogens with one attached hydrogen (secondary N) is 2. The Morgan fingerprint density at radius 3 is 2.65 bits per heavy atom. The van der Waals surface area contributed by atoms with Crippen LogP contribution in [0.5, 0.6) is 0 Å². The second-order valence-corrected chi connectivity index (χ2v) is 6.57. The standard InChI is InChI=1S/C16H26N4O.2ClH/c1-4-16(9-13-5-6-14(16)19-13)15(21)17-7-8-20-10-18-11(2)12(20)3;;/h10,13-14,19H,4-9H2,1-3H3,(H,17,21);2*1H/t13-,14+,16+;;/m0../s1. The van der Waals surface area contributed by atoms with E-state index in [1.165, 1.54) is 12.1 Å². The van der Waals surface area contributed by atoms with Gasteiger partial charge in [0.25, 0.3) is 0 Å². The molecule has 2 saturated heterocycles. The Hall–Kier alpha value is -0.780. The highest BCUT2D eigenvalue weighted by atomic mass is 35.5. The minimum Gasteiger partial charge on any atom is -0.354 e. The number of hydrogen-bond acceptors (Lipinski definition) is 3. The van der Waals surface area contributed by atoms with E-state index in [-0.39, 0.29) is 36.1 Å². The topological polar surface area (TPSA) is 59.0 Å². The number of amides is 1. The third-order valence-corrected chi connectivity index (χ3v) is 5.58. The number of fused-ring (bicyclic) bond motifs is 2. The fourth-order valence-corrected chi connectivity index (χ4v) is 4.04. The van der Waals surface area contributed by atoms with E-state index in [1.54, 1.807) is 0 Å². The summed E-state index contributed by atoms with van der Waals surface area (Å²) in [5.74, 6) is 0.235. The zero-order chi connectivity index (χ0) is 15.0. The molecular weight excluding hydrogens is 335 g/mol.